The molecule has 3 rings (SSSR count). The lowest BCUT2D eigenvalue weighted by molar-refractivity contribution is 0.282. The van der Waals surface area contributed by atoms with Gasteiger partial charge in [0.25, 0.3) is 0 Å². The van der Waals surface area contributed by atoms with Gasteiger partial charge in [-0.3, -0.25) is 5.10 Å². The number of H-pyrrole nitrogens is 1. The van der Waals surface area contributed by atoms with Gasteiger partial charge in [-0.15, -0.1) is 0 Å². The number of nitrogens with zero attached hydrogens (tertiary/aromatic N) is 1. The SMILES string of the molecule is OCc1ccc2[nH]nc(Nc3cccc(Cl)c3)c2c1. The minimum atomic E-state index is 0.0116. The molecule has 0 unspecified atom stereocenters. The summed E-state index contributed by atoms with van der Waals surface area (Å²) in [5.74, 6) is 0.715. The lowest BCUT2D eigenvalue weighted by Crippen LogP contribution is -1.91. The van der Waals surface area contributed by atoms with Gasteiger partial charge in [0, 0.05) is 16.1 Å². The normalized spacial score (nSPS) is 10.8. The number of hydrogen-bond donors (Lipinski definition) is 3. The van der Waals surface area contributed by atoms with Gasteiger partial charge in [-0.2, -0.15) is 5.10 Å². The molecule has 0 saturated heterocycles. The average Bonchev–Trinajstić information content (AvgIpc) is 2.81. The van der Waals surface area contributed by atoms with Crippen molar-refractivity contribution in [2.24, 2.45) is 0 Å². The molecule has 4 nitrogen and oxygen atoms in total. The zero-order chi connectivity index (χ0) is 13.2. The Labute approximate surface area is 115 Å². The van der Waals surface area contributed by atoms with Crippen molar-refractivity contribution in [1.29, 1.82) is 0 Å². The highest BCUT2D eigenvalue weighted by atomic mass is 35.5. The molecule has 0 fully saturated rings. The first-order valence-corrected chi connectivity index (χ1v) is 6.24. The van der Waals surface area contributed by atoms with Gasteiger partial charge in [0.1, 0.15) is 0 Å². The summed E-state index contributed by atoms with van der Waals surface area (Å²) in [5, 5.41) is 21.2. The van der Waals surface area contributed by atoms with Crippen LogP contribution in [0.25, 0.3) is 10.9 Å². The molecule has 2 aromatic carbocycles. The van der Waals surface area contributed by atoms with Crippen LogP contribution in [0.1, 0.15) is 5.56 Å². The van der Waals surface area contributed by atoms with E-state index in [9.17, 15) is 5.11 Å². The molecule has 0 aliphatic rings. The predicted octanol–water partition coefficient (Wildman–Crippen LogP) is 3.45. The number of aromatic amines is 1. The fourth-order valence-electron chi connectivity index (χ4n) is 1.96. The first-order valence-electron chi connectivity index (χ1n) is 5.87. The van der Waals surface area contributed by atoms with Crippen molar-refractivity contribution < 1.29 is 5.11 Å². The Morgan fingerprint density at radius 1 is 1.21 bits per heavy atom. The molecule has 0 aliphatic carbocycles. The summed E-state index contributed by atoms with van der Waals surface area (Å²) in [5.41, 5.74) is 2.64. The summed E-state index contributed by atoms with van der Waals surface area (Å²) < 4.78 is 0. The fourth-order valence-corrected chi connectivity index (χ4v) is 2.15. The number of nitrogens with one attached hydrogen (secondary N) is 2. The van der Waals surface area contributed by atoms with Crippen molar-refractivity contribution >= 4 is 34.0 Å². The summed E-state index contributed by atoms with van der Waals surface area (Å²) >= 11 is 5.95. The van der Waals surface area contributed by atoms with Gasteiger partial charge in [0.15, 0.2) is 5.82 Å². The van der Waals surface area contributed by atoms with Crippen molar-refractivity contribution in [3.63, 3.8) is 0 Å². The molecular formula is C14H12ClN3O. The van der Waals surface area contributed by atoms with E-state index < -0.39 is 0 Å². The van der Waals surface area contributed by atoms with Gasteiger partial charge >= 0.3 is 0 Å². The Kier molecular flexibility index (Phi) is 3.11. The van der Waals surface area contributed by atoms with E-state index in [4.69, 9.17) is 11.6 Å². The molecule has 0 radical (unpaired) electrons. The van der Waals surface area contributed by atoms with Gasteiger partial charge in [0.2, 0.25) is 0 Å². The van der Waals surface area contributed by atoms with Crippen LogP contribution in [0.5, 0.6) is 0 Å². The second kappa shape index (κ2) is 4.91. The number of benzene rings is 2. The largest absolute Gasteiger partial charge is 0.392 e. The third-order valence-corrected chi connectivity index (χ3v) is 3.13. The second-order valence-electron chi connectivity index (χ2n) is 4.25. The lowest BCUT2D eigenvalue weighted by atomic mass is 10.1. The number of halogens is 1. The molecule has 19 heavy (non-hydrogen) atoms. The number of fused-ring (bicyclic) bond motifs is 1. The maximum Gasteiger partial charge on any atom is 0.160 e. The molecule has 0 aliphatic heterocycles. The summed E-state index contributed by atoms with van der Waals surface area (Å²) in [4.78, 5) is 0. The maximum absolute atomic E-state index is 9.18. The monoisotopic (exact) mass is 273 g/mol. The number of anilines is 2. The molecule has 0 spiro atoms. The van der Waals surface area contributed by atoms with Crippen LogP contribution in [0, 0.1) is 0 Å². The molecule has 0 amide bonds. The van der Waals surface area contributed by atoms with Crippen molar-refractivity contribution in [3.05, 3.63) is 53.1 Å². The highest BCUT2D eigenvalue weighted by Crippen LogP contribution is 2.26. The van der Waals surface area contributed by atoms with Gasteiger partial charge in [-0.05, 0) is 35.9 Å². The summed E-state index contributed by atoms with van der Waals surface area (Å²) in [6, 6.07) is 13.1. The van der Waals surface area contributed by atoms with Crippen molar-refractivity contribution in [2.45, 2.75) is 6.61 Å². The van der Waals surface area contributed by atoms with Crippen LogP contribution in [0.3, 0.4) is 0 Å². The van der Waals surface area contributed by atoms with Crippen LogP contribution in [-0.4, -0.2) is 15.3 Å². The van der Waals surface area contributed by atoms with E-state index in [-0.39, 0.29) is 6.61 Å². The number of aromatic nitrogens is 2. The number of rotatable bonds is 3. The van der Waals surface area contributed by atoms with Crippen LogP contribution in [0.15, 0.2) is 42.5 Å². The van der Waals surface area contributed by atoms with Crippen LogP contribution in [0.4, 0.5) is 11.5 Å². The second-order valence-corrected chi connectivity index (χ2v) is 4.68. The predicted molar refractivity (Wildman–Crippen MR) is 76.8 cm³/mol. The van der Waals surface area contributed by atoms with E-state index in [1.165, 1.54) is 0 Å². The highest BCUT2D eigenvalue weighted by Gasteiger charge is 2.06. The van der Waals surface area contributed by atoms with Gasteiger partial charge < -0.3 is 10.4 Å². The lowest BCUT2D eigenvalue weighted by Gasteiger charge is -2.04. The van der Waals surface area contributed by atoms with E-state index in [0.29, 0.717) is 10.8 Å². The summed E-state index contributed by atoms with van der Waals surface area (Å²) in [6.45, 7) is 0.0116. The molecule has 0 saturated carbocycles. The molecule has 96 valence electrons. The van der Waals surface area contributed by atoms with Crippen LogP contribution >= 0.6 is 11.6 Å². The fraction of sp³-hybridized carbons (Fsp3) is 0.0714. The first kappa shape index (κ1) is 12.0. The van der Waals surface area contributed by atoms with Crippen LogP contribution in [0.2, 0.25) is 5.02 Å². The quantitative estimate of drug-likeness (QED) is 0.685. The zero-order valence-corrected chi connectivity index (χ0v) is 10.8. The Bertz CT molecular complexity index is 724. The van der Waals surface area contributed by atoms with Gasteiger partial charge in [-0.25, -0.2) is 0 Å². The van der Waals surface area contributed by atoms with Crippen molar-refractivity contribution in [3.8, 4) is 0 Å². The Morgan fingerprint density at radius 3 is 2.89 bits per heavy atom. The van der Waals surface area contributed by atoms with Crippen molar-refractivity contribution in [2.75, 3.05) is 5.32 Å². The molecule has 1 aromatic heterocycles. The van der Waals surface area contributed by atoms with Crippen molar-refractivity contribution in [1.82, 2.24) is 10.2 Å². The summed E-state index contributed by atoms with van der Waals surface area (Å²) in [6.07, 6.45) is 0. The smallest absolute Gasteiger partial charge is 0.160 e. The topological polar surface area (TPSA) is 60.9 Å². The van der Waals surface area contributed by atoms with Gasteiger partial charge in [-0.1, -0.05) is 23.7 Å². The van der Waals surface area contributed by atoms with E-state index in [1.54, 1.807) is 0 Å². The standard InChI is InChI=1S/C14H12ClN3O/c15-10-2-1-3-11(7-10)16-14-12-6-9(8-19)4-5-13(12)17-18-14/h1-7,19H,8H2,(H2,16,17,18). The highest BCUT2D eigenvalue weighted by molar-refractivity contribution is 6.30. The molecule has 1 heterocycles. The molecule has 3 N–H and O–H groups in total. The van der Waals surface area contributed by atoms with Crippen LogP contribution in [-0.2, 0) is 6.61 Å². The molecule has 3 aromatic rings. The van der Waals surface area contributed by atoms with E-state index >= 15 is 0 Å². The third kappa shape index (κ3) is 2.41. The third-order valence-electron chi connectivity index (χ3n) is 2.90. The van der Waals surface area contributed by atoms with E-state index in [2.05, 4.69) is 15.5 Å². The van der Waals surface area contributed by atoms with Gasteiger partial charge in [0.05, 0.1) is 12.1 Å². The summed E-state index contributed by atoms with van der Waals surface area (Å²) in [7, 11) is 0. The van der Waals surface area contributed by atoms with E-state index in [0.717, 1.165) is 22.2 Å². The molecular weight excluding hydrogens is 262 g/mol. The Morgan fingerprint density at radius 2 is 2.11 bits per heavy atom. The minimum absolute atomic E-state index is 0.0116. The average molecular weight is 274 g/mol. The molecule has 0 atom stereocenters. The number of hydrogen-bond acceptors (Lipinski definition) is 3. The van der Waals surface area contributed by atoms with Crippen LogP contribution < -0.4 is 5.32 Å². The van der Waals surface area contributed by atoms with E-state index in [1.807, 2.05) is 42.5 Å². The zero-order valence-electron chi connectivity index (χ0n) is 10.0. The molecule has 5 heteroatoms. The minimum Gasteiger partial charge on any atom is -0.392 e. The number of aliphatic hydroxyl groups is 1. The Hall–Kier alpha value is -2.04. The number of aliphatic hydroxyl groups excluding tert-OH is 1. The first-order chi connectivity index (χ1) is 9.26. The molecule has 0 bridgehead atoms. The maximum atomic E-state index is 9.18. The Balaban J connectivity index is 2.00.